The Morgan fingerprint density at radius 2 is 2.15 bits per heavy atom. The SMILES string of the molecule is COCCn1cc(-c2nn(C3CCN(C#N)CC3)c3ncnc(N)c23)cn1. The number of nitrogens with two attached hydrogens (primary N) is 1. The highest BCUT2D eigenvalue weighted by Gasteiger charge is 2.26. The Labute approximate surface area is 156 Å². The minimum Gasteiger partial charge on any atom is -0.383 e. The Bertz CT molecular complexity index is 978. The first-order chi connectivity index (χ1) is 13.2. The monoisotopic (exact) mass is 367 g/mol. The molecule has 0 amide bonds. The lowest BCUT2D eigenvalue weighted by Crippen LogP contribution is -2.31. The minimum absolute atomic E-state index is 0.170. The van der Waals surface area contributed by atoms with Gasteiger partial charge in [-0.2, -0.15) is 15.5 Å². The summed E-state index contributed by atoms with van der Waals surface area (Å²) in [6.07, 6.45) is 9.04. The molecule has 0 aliphatic carbocycles. The van der Waals surface area contributed by atoms with Gasteiger partial charge in [0.2, 0.25) is 0 Å². The molecule has 1 aliphatic heterocycles. The van der Waals surface area contributed by atoms with Gasteiger partial charge in [-0.15, -0.1) is 0 Å². The van der Waals surface area contributed by atoms with E-state index in [2.05, 4.69) is 21.3 Å². The number of piperidine rings is 1. The summed E-state index contributed by atoms with van der Waals surface area (Å²) in [6.45, 7) is 2.67. The summed E-state index contributed by atoms with van der Waals surface area (Å²) >= 11 is 0. The van der Waals surface area contributed by atoms with Crippen molar-refractivity contribution in [2.24, 2.45) is 0 Å². The van der Waals surface area contributed by atoms with Crippen LogP contribution in [0.4, 0.5) is 5.82 Å². The third-order valence-corrected chi connectivity index (χ3v) is 4.90. The Morgan fingerprint density at radius 3 is 2.89 bits per heavy atom. The average Bonchev–Trinajstić information content (AvgIpc) is 3.32. The van der Waals surface area contributed by atoms with Crippen molar-refractivity contribution in [1.29, 1.82) is 5.26 Å². The number of rotatable bonds is 5. The van der Waals surface area contributed by atoms with Crippen LogP contribution < -0.4 is 5.73 Å². The maximum atomic E-state index is 9.07. The van der Waals surface area contributed by atoms with Crippen molar-refractivity contribution >= 4 is 16.9 Å². The van der Waals surface area contributed by atoms with Crippen molar-refractivity contribution in [1.82, 2.24) is 34.4 Å². The molecule has 4 rings (SSSR count). The molecule has 10 heteroatoms. The summed E-state index contributed by atoms with van der Waals surface area (Å²) in [5, 5.41) is 19.0. The summed E-state index contributed by atoms with van der Waals surface area (Å²) in [5.41, 5.74) is 8.48. The molecule has 2 N–H and O–H groups in total. The number of anilines is 1. The van der Waals surface area contributed by atoms with Crippen molar-refractivity contribution in [3.63, 3.8) is 0 Å². The zero-order valence-corrected chi connectivity index (χ0v) is 15.1. The number of methoxy groups -OCH3 is 1. The molecule has 4 heterocycles. The summed E-state index contributed by atoms with van der Waals surface area (Å²) < 4.78 is 8.85. The lowest BCUT2D eigenvalue weighted by atomic mass is 10.1. The van der Waals surface area contributed by atoms with E-state index in [9.17, 15) is 0 Å². The number of nitrogen functional groups attached to an aromatic ring is 1. The van der Waals surface area contributed by atoms with Crippen LogP contribution >= 0.6 is 0 Å². The van der Waals surface area contributed by atoms with Gasteiger partial charge in [0.15, 0.2) is 11.8 Å². The molecular formula is C17H21N9O. The van der Waals surface area contributed by atoms with Gasteiger partial charge in [0.05, 0.1) is 30.8 Å². The van der Waals surface area contributed by atoms with Crippen molar-refractivity contribution in [2.75, 3.05) is 32.5 Å². The van der Waals surface area contributed by atoms with E-state index in [0.717, 1.165) is 35.1 Å². The lowest BCUT2D eigenvalue weighted by molar-refractivity contribution is 0.183. The van der Waals surface area contributed by atoms with Crippen molar-refractivity contribution in [3.8, 4) is 17.5 Å². The van der Waals surface area contributed by atoms with Gasteiger partial charge in [0, 0.05) is 32.0 Å². The van der Waals surface area contributed by atoms with Crippen LogP contribution in [0.15, 0.2) is 18.7 Å². The molecule has 0 bridgehead atoms. The molecule has 10 nitrogen and oxygen atoms in total. The molecule has 1 aliphatic rings. The summed E-state index contributed by atoms with van der Waals surface area (Å²) in [4.78, 5) is 10.4. The van der Waals surface area contributed by atoms with Crippen LogP contribution in [0.2, 0.25) is 0 Å². The highest BCUT2D eigenvalue weighted by atomic mass is 16.5. The van der Waals surface area contributed by atoms with Gasteiger partial charge in [-0.05, 0) is 12.8 Å². The Hall–Kier alpha value is -3.19. The molecule has 27 heavy (non-hydrogen) atoms. The molecule has 3 aromatic rings. The predicted molar refractivity (Wildman–Crippen MR) is 98.3 cm³/mol. The van der Waals surface area contributed by atoms with Gasteiger partial charge >= 0.3 is 0 Å². The molecule has 1 saturated heterocycles. The van der Waals surface area contributed by atoms with Crippen LogP contribution in [-0.4, -0.2) is 61.2 Å². The third-order valence-electron chi connectivity index (χ3n) is 4.90. The van der Waals surface area contributed by atoms with Crippen molar-refractivity contribution in [3.05, 3.63) is 18.7 Å². The van der Waals surface area contributed by atoms with E-state index in [4.69, 9.17) is 20.8 Å². The van der Waals surface area contributed by atoms with Crippen molar-refractivity contribution < 1.29 is 4.74 Å². The fraction of sp³-hybridized carbons (Fsp3) is 0.471. The largest absolute Gasteiger partial charge is 0.383 e. The molecule has 0 radical (unpaired) electrons. The summed E-state index contributed by atoms with van der Waals surface area (Å²) in [5.74, 6) is 0.403. The third kappa shape index (κ3) is 3.17. The number of ether oxygens (including phenoxy) is 1. The van der Waals surface area contributed by atoms with E-state index in [0.29, 0.717) is 32.1 Å². The second-order valence-corrected chi connectivity index (χ2v) is 6.55. The fourth-order valence-corrected chi connectivity index (χ4v) is 3.46. The van der Waals surface area contributed by atoms with E-state index in [1.54, 1.807) is 18.2 Å². The van der Waals surface area contributed by atoms with Gasteiger partial charge in [-0.1, -0.05) is 0 Å². The lowest BCUT2D eigenvalue weighted by Gasteiger charge is -2.28. The minimum atomic E-state index is 0.170. The molecule has 0 aromatic carbocycles. The van der Waals surface area contributed by atoms with Crippen LogP contribution in [0.1, 0.15) is 18.9 Å². The van der Waals surface area contributed by atoms with Gasteiger partial charge in [0.1, 0.15) is 17.8 Å². The van der Waals surface area contributed by atoms with E-state index in [1.807, 2.05) is 15.6 Å². The van der Waals surface area contributed by atoms with Crippen LogP contribution in [0.5, 0.6) is 0 Å². The molecule has 140 valence electrons. The Kier molecular flexibility index (Phi) is 4.60. The molecule has 1 fully saturated rings. The molecule has 0 saturated carbocycles. The van der Waals surface area contributed by atoms with Gasteiger partial charge in [0.25, 0.3) is 0 Å². The van der Waals surface area contributed by atoms with Crippen LogP contribution in [0.3, 0.4) is 0 Å². The van der Waals surface area contributed by atoms with E-state index < -0.39 is 0 Å². The number of nitrogens with zero attached hydrogens (tertiary/aromatic N) is 8. The second-order valence-electron chi connectivity index (χ2n) is 6.55. The second kappa shape index (κ2) is 7.20. The topological polar surface area (TPSA) is 124 Å². The van der Waals surface area contributed by atoms with E-state index in [-0.39, 0.29) is 6.04 Å². The van der Waals surface area contributed by atoms with Gasteiger partial charge in [-0.3, -0.25) is 4.68 Å². The van der Waals surface area contributed by atoms with Crippen molar-refractivity contribution in [2.45, 2.75) is 25.4 Å². The number of nitriles is 1. The normalized spacial score (nSPS) is 15.3. The standard InChI is InChI=1S/C17H21N9O/c1-27-7-6-25-9-12(8-22-25)15-14-16(19)20-11-21-17(14)26(23-15)13-2-4-24(10-18)5-3-13/h8-9,11,13H,2-7H2,1H3,(H2,19,20,21). The number of hydrogen-bond donors (Lipinski definition) is 1. The first-order valence-corrected chi connectivity index (χ1v) is 8.86. The van der Waals surface area contributed by atoms with Gasteiger partial charge in [-0.25, -0.2) is 14.6 Å². The number of likely N-dealkylation sites (tertiary alicyclic amines) is 1. The van der Waals surface area contributed by atoms with Crippen LogP contribution in [0, 0.1) is 11.5 Å². The number of fused-ring (bicyclic) bond motifs is 1. The molecular weight excluding hydrogens is 346 g/mol. The average molecular weight is 367 g/mol. The summed E-state index contributed by atoms with van der Waals surface area (Å²) in [7, 11) is 1.66. The molecule has 0 spiro atoms. The quantitative estimate of drug-likeness (QED) is 0.663. The fourth-order valence-electron chi connectivity index (χ4n) is 3.46. The van der Waals surface area contributed by atoms with E-state index >= 15 is 0 Å². The maximum absolute atomic E-state index is 9.07. The van der Waals surface area contributed by atoms with Crippen LogP contribution in [-0.2, 0) is 11.3 Å². The highest BCUT2D eigenvalue weighted by molar-refractivity contribution is 5.98. The zero-order valence-electron chi connectivity index (χ0n) is 15.1. The maximum Gasteiger partial charge on any atom is 0.179 e. The van der Waals surface area contributed by atoms with Crippen LogP contribution in [0.25, 0.3) is 22.3 Å². The van der Waals surface area contributed by atoms with E-state index in [1.165, 1.54) is 6.33 Å². The first-order valence-electron chi connectivity index (χ1n) is 8.86. The molecule has 0 atom stereocenters. The zero-order chi connectivity index (χ0) is 18.8. The van der Waals surface area contributed by atoms with Gasteiger partial charge < -0.3 is 15.4 Å². The molecule has 0 unspecified atom stereocenters. The highest BCUT2D eigenvalue weighted by Crippen LogP contribution is 2.33. The Balaban J connectivity index is 1.73. The number of aromatic nitrogens is 6. The first kappa shape index (κ1) is 17.2. The Morgan fingerprint density at radius 1 is 1.33 bits per heavy atom. The molecule has 3 aromatic heterocycles. The smallest absolute Gasteiger partial charge is 0.179 e. The predicted octanol–water partition coefficient (Wildman–Crippen LogP) is 1.04. The number of hydrogen-bond acceptors (Lipinski definition) is 8. The summed E-state index contributed by atoms with van der Waals surface area (Å²) in [6, 6.07) is 0.170.